The summed E-state index contributed by atoms with van der Waals surface area (Å²) in [6, 6.07) is 10.4. The summed E-state index contributed by atoms with van der Waals surface area (Å²) in [5.41, 5.74) is 7.27. The van der Waals surface area contributed by atoms with E-state index in [1.54, 1.807) is 16.0 Å². The van der Waals surface area contributed by atoms with Crippen LogP contribution in [0.5, 0.6) is 0 Å². The first-order valence-corrected chi connectivity index (χ1v) is 11.3. The molecule has 8 heteroatoms. The summed E-state index contributed by atoms with van der Waals surface area (Å²) in [7, 11) is 1.85. The molecule has 1 N–H and O–H groups in total. The minimum atomic E-state index is -0.143. The molecule has 0 bridgehead atoms. The molecule has 1 amide bonds. The van der Waals surface area contributed by atoms with E-state index < -0.39 is 0 Å². The summed E-state index contributed by atoms with van der Waals surface area (Å²) in [6.07, 6.45) is 4.18. The van der Waals surface area contributed by atoms with Gasteiger partial charge in [-0.3, -0.25) is 9.48 Å². The molecule has 0 atom stereocenters. The van der Waals surface area contributed by atoms with Gasteiger partial charge in [0.1, 0.15) is 5.69 Å². The second-order valence-electron chi connectivity index (χ2n) is 7.78. The Bertz CT molecular complexity index is 1190. The first-order chi connectivity index (χ1) is 15.2. The van der Waals surface area contributed by atoms with E-state index in [1.807, 2.05) is 30.2 Å². The molecule has 0 spiro atoms. The Morgan fingerprint density at radius 2 is 2.06 bits per heavy atom. The second kappa shape index (κ2) is 8.56. The number of thiazole rings is 1. The zero-order valence-corrected chi connectivity index (χ0v) is 18.1. The van der Waals surface area contributed by atoms with Crippen LogP contribution in [0.1, 0.15) is 34.5 Å². The molecule has 1 aliphatic rings. The van der Waals surface area contributed by atoms with Crippen LogP contribution in [0.2, 0.25) is 0 Å². The van der Waals surface area contributed by atoms with Gasteiger partial charge in [-0.05, 0) is 36.5 Å². The van der Waals surface area contributed by atoms with Gasteiger partial charge in [-0.2, -0.15) is 5.10 Å². The number of aryl methyl sites for hydroxylation is 1. The molecule has 0 saturated carbocycles. The molecule has 0 radical (unpaired) electrons. The van der Waals surface area contributed by atoms with Crippen LogP contribution >= 0.6 is 11.3 Å². The van der Waals surface area contributed by atoms with Gasteiger partial charge in [0.05, 0.1) is 17.4 Å². The van der Waals surface area contributed by atoms with Crippen molar-refractivity contribution < 1.29 is 9.53 Å². The van der Waals surface area contributed by atoms with Crippen molar-refractivity contribution in [2.45, 2.75) is 25.3 Å². The fourth-order valence-electron chi connectivity index (χ4n) is 3.91. The lowest BCUT2D eigenvalue weighted by atomic mass is 10.0. The number of nitrogens with one attached hydrogen (secondary N) is 1. The van der Waals surface area contributed by atoms with E-state index in [0.717, 1.165) is 40.6 Å². The smallest absolute Gasteiger partial charge is 0.270 e. The Hall–Kier alpha value is -3.10. The number of ether oxygens (including phenoxy) is 1. The van der Waals surface area contributed by atoms with E-state index in [4.69, 9.17) is 4.74 Å². The number of pyridine rings is 1. The summed E-state index contributed by atoms with van der Waals surface area (Å²) in [4.78, 5) is 21.9. The number of fused-ring (bicyclic) bond motifs is 1. The quantitative estimate of drug-likeness (QED) is 0.520. The molecule has 5 rings (SSSR count). The summed E-state index contributed by atoms with van der Waals surface area (Å²) in [5, 5.41) is 10.5. The lowest BCUT2D eigenvalue weighted by Crippen LogP contribution is -2.39. The number of carbonyl (C=O) groups excluding carboxylic acids is 1. The van der Waals surface area contributed by atoms with Crippen molar-refractivity contribution in [3.05, 3.63) is 64.2 Å². The Morgan fingerprint density at radius 1 is 1.26 bits per heavy atom. The number of rotatable bonds is 5. The molecule has 1 fully saturated rings. The molecule has 1 aromatic carbocycles. The Kier molecular flexibility index (Phi) is 5.48. The van der Waals surface area contributed by atoms with E-state index in [2.05, 4.69) is 44.6 Å². The van der Waals surface area contributed by atoms with E-state index in [0.29, 0.717) is 31.0 Å². The average molecular weight is 434 g/mol. The highest BCUT2D eigenvalue weighted by molar-refractivity contribution is 7.07. The second-order valence-corrected chi connectivity index (χ2v) is 8.50. The van der Waals surface area contributed by atoms with Gasteiger partial charge in [-0.25, -0.2) is 9.97 Å². The maximum atomic E-state index is 12.9. The van der Waals surface area contributed by atoms with Crippen molar-refractivity contribution in [2.24, 2.45) is 7.05 Å². The molecule has 31 heavy (non-hydrogen) atoms. The van der Waals surface area contributed by atoms with Crippen LogP contribution in [0.15, 0.2) is 47.4 Å². The third-order valence-corrected chi connectivity index (χ3v) is 6.24. The Morgan fingerprint density at radius 3 is 2.81 bits per heavy atom. The molecule has 3 aromatic heterocycles. The predicted octanol–water partition coefficient (Wildman–Crippen LogP) is 3.59. The molecule has 1 saturated heterocycles. The molecular formula is C23H23N5O2S. The maximum Gasteiger partial charge on any atom is 0.270 e. The van der Waals surface area contributed by atoms with Crippen molar-refractivity contribution in [3.63, 3.8) is 0 Å². The van der Waals surface area contributed by atoms with Gasteiger partial charge in [-0.15, -0.1) is 11.3 Å². The highest BCUT2D eigenvalue weighted by Crippen LogP contribution is 2.24. The van der Waals surface area contributed by atoms with Gasteiger partial charge < -0.3 is 10.1 Å². The van der Waals surface area contributed by atoms with Crippen molar-refractivity contribution >= 4 is 28.3 Å². The SMILES string of the molecule is Cn1ncc2c(Cc3ccc(-c4cscn4)cc3)cc(C(=O)NC3CCOCC3)nc21. The van der Waals surface area contributed by atoms with Crippen LogP contribution in [0.25, 0.3) is 22.3 Å². The van der Waals surface area contributed by atoms with Gasteiger partial charge in [-0.1, -0.05) is 24.3 Å². The largest absolute Gasteiger partial charge is 0.381 e. The van der Waals surface area contributed by atoms with Crippen LogP contribution in [-0.4, -0.2) is 44.9 Å². The van der Waals surface area contributed by atoms with Gasteiger partial charge in [0.15, 0.2) is 5.65 Å². The summed E-state index contributed by atoms with van der Waals surface area (Å²) >= 11 is 1.59. The number of amides is 1. The minimum absolute atomic E-state index is 0.131. The lowest BCUT2D eigenvalue weighted by molar-refractivity contribution is 0.0694. The number of hydrogen-bond acceptors (Lipinski definition) is 6. The van der Waals surface area contributed by atoms with Crippen LogP contribution in [0.3, 0.4) is 0 Å². The van der Waals surface area contributed by atoms with E-state index in [9.17, 15) is 4.79 Å². The number of hydrogen-bond donors (Lipinski definition) is 1. The van der Waals surface area contributed by atoms with Crippen molar-refractivity contribution in [3.8, 4) is 11.3 Å². The summed E-state index contributed by atoms with van der Waals surface area (Å²) in [6.45, 7) is 1.36. The fraction of sp³-hybridized carbons (Fsp3) is 0.304. The van der Waals surface area contributed by atoms with Gasteiger partial charge in [0.2, 0.25) is 0 Å². The van der Waals surface area contributed by atoms with Crippen LogP contribution < -0.4 is 5.32 Å². The monoisotopic (exact) mass is 433 g/mol. The highest BCUT2D eigenvalue weighted by atomic mass is 32.1. The lowest BCUT2D eigenvalue weighted by Gasteiger charge is -2.23. The zero-order valence-electron chi connectivity index (χ0n) is 17.2. The van der Waals surface area contributed by atoms with Crippen molar-refractivity contribution in [1.29, 1.82) is 0 Å². The maximum absolute atomic E-state index is 12.9. The average Bonchev–Trinajstić information content (AvgIpc) is 3.46. The molecule has 158 valence electrons. The molecule has 0 aliphatic carbocycles. The third kappa shape index (κ3) is 4.22. The fourth-order valence-corrected chi connectivity index (χ4v) is 4.47. The van der Waals surface area contributed by atoms with E-state index in [-0.39, 0.29) is 11.9 Å². The first-order valence-electron chi connectivity index (χ1n) is 10.3. The number of aromatic nitrogens is 4. The Labute approximate surface area is 184 Å². The Balaban J connectivity index is 1.42. The first kappa shape index (κ1) is 19.8. The van der Waals surface area contributed by atoms with Gasteiger partial charge >= 0.3 is 0 Å². The van der Waals surface area contributed by atoms with Gasteiger partial charge in [0, 0.05) is 42.6 Å². The van der Waals surface area contributed by atoms with Crippen LogP contribution in [0.4, 0.5) is 0 Å². The topological polar surface area (TPSA) is 81.9 Å². The molecule has 0 unspecified atom stereocenters. The normalized spacial score (nSPS) is 14.7. The zero-order chi connectivity index (χ0) is 21.2. The number of nitrogens with zero attached hydrogens (tertiary/aromatic N) is 4. The number of benzene rings is 1. The minimum Gasteiger partial charge on any atom is -0.381 e. The van der Waals surface area contributed by atoms with Crippen LogP contribution in [-0.2, 0) is 18.2 Å². The third-order valence-electron chi connectivity index (χ3n) is 5.66. The predicted molar refractivity (Wildman–Crippen MR) is 120 cm³/mol. The molecule has 1 aliphatic heterocycles. The number of carbonyl (C=O) groups is 1. The van der Waals surface area contributed by atoms with Crippen molar-refractivity contribution in [2.75, 3.05) is 13.2 Å². The van der Waals surface area contributed by atoms with E-state index >= 15 is 0 Å². The molecule has 4 heterocycles. The van der Waals surface area contributed by atoms with Gasteiger partial charge in [0.25, 0.3) is 5.91 Å². The molecule has 4 aromatic rings. The highest BCUT2D eigenvalue weighted by Gasteiger charge is 2.20. The van der Waals surface area contributed by atoms with Crippen molar-refractivity contribution in [1.82, 2.24) is 25.1 Å². The standard InChI is InChI=1S/C23H23N5O2S/c1-28-22-19(12-25-28)17(10-15-2-4-16(5-3-15)21-13-31-14-24-21)11-20(27-22)23(29)26-18-6-8-30-9-7-18/h2-5,11-14,18H,6-10H2,1H3,(H,26,29). The summed E-state index contributed by atoms with van der Waals surface area (Å²) in [5.74, 6) is -0.143. The molecular weight excluding hydrogens is 410 g/mol. The van der Waals surface area contributed by atoms with Crippen LogP contribution in [0, 0.1) is 0 Å². The summed E-state index contributed by atoms with van der Waals surface area (Å²) < 4.78 is 7.10. The molecule has 7 nitrogen and oxygen atoms in total. The van der Waals surface area contributed by atoms with E-state index in [1.165, 1.54) is 0 Å².